The zero-order valence-corrected chi connectivity index (χ0v) is 11.0. The van der Waals surface area contributed by atoms with E-state index in [1.165, 1.54) is 12.1 Å². The molecular formula is C12H17FN2O2S. The van der Waals surface area contributed by atoms with E-state index < -0.39 is 10.7 Å². The average Bonchev–Trinajstić information content (AvgIpc) is 2.34. The van der Waals surface area contributed by atoms with Crippen LogP contribution in [0.5, 0.6) is 0 Å². The van der Waals surface area contributed by atoms with Crippen molar-refractivity contribution in [2.45, 2.75) is 6.54 Å². The first kappa shape index (κ1) is 13.5. The second-order valence-corrected chi connectivity index (χ2v) is 5.44. The van der Waals surface area contributed by atoms with E-state index in [1.54, 1.807) is 12.1 Å². The van der Waals surface area contributed by atoms with Crippen LogP contribution < -0.4 is 0 Å². The SMILES string of the molecule is O=[SH](=O)CN1CCN(Cc2ccc(F)cc2)CC1. The van der Waals surface area contributed by atoms with Gasteiger partial charge in [-0.15, -0.1) is 0 Å². The molecule has 0 saturated carbocycles. The Labute approximate surface area is 108 Å². The molecule has 0 spiro atoms. The van der Waals surface area contributed by atoms with Crippen LogP contribution in [0.15, 0.2) is 24.3 Å². The molecule has 6 heteroatoms. The largest absolute Gasteiger partial charge is 0.297 e. The van der Waals surface area contributed by atoms with Crippen LogP contribution in [0.2, 0.25) is 0 Å². The predicted molar refractivity (Wildman–Crippen MR) is 68.4 cm³/mol. The third-order valence-corrected chi connectivity index (χ3v) is 3.73. The van der Waals surface area contributed by atoms with E-state index in [2.05, 4.69) is 4.90 Å². The lowest BCUT2D eigenvalue weighted by Gasteiger charge is -2.33. The summed E-state index contributed by atoms with van der Waals surface area (Å²) in [6, 6.07) is 6.51. The summed E-state index contributed by atoms with van der Waals surface area (Å²) in [5.74, 6) is -0.0671. The molecule has 0 aliphatic carbocycles. The molecule has 1 aliphatic rings. The molecule has 1 aliphatic heterocycles. The van der Waals surface area contributed by atoms with Crippen LogP contribution in [0.1, 0.15) is 5.56 Å². The Morgan fingerprint density at radius 1 is 1.00 bits per heavy atom. The minimum Gasteiger partial charge on any atom is -0.297 e. The highest BCUT2D eigenvalue weighted by Crippen LogP contribution is 2.09. The van der Waals surface area contributed by atoms with Crippen molar-refractivity contribution in [3.8, 4) is 0 Å². The van der Waals surface area contributed by atoms with E-state index in [4.69, 9.17) is 0 Å². The molecule has 0 N–H and O–H groups in total. The van der Waals surface area contributed by atoms with Gasteiger partial charge in [0.05, 0.1) is 5.88 Å². The number of nitrogens with zero attached hydrogens (tertiary/aromatic N) is 2. The van der Waals surface area contributed by atoms with E-state index in [-0.39, 0.29) is 11.7 Å². The minimum absolute atomic E-state index is 0.153. The van der Waals surface area contributed by atoms with Crippen LogP contribution in [0.25, 0.3) is 0 Å². The van der Waals surface area contributed by atoms with Crippen molar-refractivity contribution >= 4 is 10.7 Å². The molecule has 0 unspecified atom stereocenters. The molecule has 1 saturated heterocycles. The first-order chi connectivity index (χ1) is 8.63. The lowest BCUT2D eigenvalue weighted by molar-refractivity contribution is 0.142. The Kier molecular flexibility index (Phi) is 4.68. The Bertz CT molecular complexity index is 446. The van der Waals surface area contributed by atoms with Gasteiger partial charge >= 0.3 is 0 Å². The lowest BCUT2D eigenvalue weighted by atomic mass is 10.2. The summed E-state index contributed by atoms with van der Waals surface area (Å²) in [6.07, 6.45) is 0. The molecule has 0 bridgehead atoms. The summed E-state index contributed by atoms with van der Waals surface area (Å²) in [5.41, 5.74) is 1.08. The monoisotopic (exact) mass is 272 g/mol. The van der Waals surface area contributed by atoms with Gasteiger partial charge in [-0.1, -0.05) is 12.1 Å². The smallest absolute Gasteiger partial charge is 0.153 e. The highest BCUT2D eigenvalue weighted by molar-refractivity contribution is 7.72. The van der Waals surface area contributed by atoms with Gasteiger partial charge in [0, 0.05) is 32.7 Å². The highest BCUT2D eigenvalue weighted by Gasteiger charge is 2.17. The van der Waals surface area contributed by atoms with Gasteiger partial charge in [0.25, 0.3) is 0 Å². The molecule has 2 rings (SSSR count). The summed E-state index contributed by atoms with van der Waals surface area (Å²) in [6.45, 7) is 4.02. The van der Waals surface area contributed by atoms with Crippen molar-refractivity contribution < 1.29 is 12.8 Å². The highest BCUT2D eigenvalue weighted by atomic mass is 32.2. The molecule has 4 nitrogen and oxygen atoms in total. The first-order valence-corrected chi connectivity index (χ1v) is 7.31. The third-order valence-electron chi connectivity index (χ3n) is 3.10. The van der Waals surface area contributed by atoms with Gasteiger partial charge in [0.2, 0.25) is 0 Å². The summed E-state index contributed by atoms with van der Waals surface area (Å²) in [7, 11) is -2.32. The maximum absolute atomic E-state index is 12.8. The molecule has 0 atom stereocenters. The number of halogens is 1. The standard InChI is InChI=1S/C12H17FN2O2S/c13-12-3-1-11(2-4-12)9-14-5-7-15(8-6-14)10-18(16)17/h1-4,18H,5-10H2. The molecule has 0 aromatic heterocycles. The van der Waals surface area contributed by atoms with E-state index >= 15 is 0 Å². The number of thiol groups is 1. The van der Waals surface area contributed by atoms with Crippen LogP contribution in [0, 0.1) is 5.82 Å². The van der Waals surface area contributed by atoms with Crippen molar-refractivity contribution in [3.05, 3.63) is 35.6 Å². The number of rotatable bonds is 4. The zero-order valence-electron chi connectivity index (χ0n) is 10.1. The van der Waals surface area contributed by atoms with Gasteiger partial charge in [0.15, 0.2) is 10.7 Å². The summed E-state index contributed by atoms with van der Waals surface area (Å²) in [4.78, 5) is 4.19. The second-order valence-electron chi connectivity index (χ2n) is 4.49. The van der Waals surface area contributed by atoms with Crippen molar-refractivity contribution in [2.75, 3.05) is 32.1 Å². The van der Waals surface area contributed by atoms with Crippen LogP contribution in [-0.2, 0) is 17.2 Å². The zero-order chi connectivity index (χ0) is 13.0. The maximum Gasteiger partial charge on any atom is 0.153 e. The second kappa shape index (κ2) is 6.26. The molecule has 1 aromatic carbocycles. The molecular weight excluding hydrogens is 255 g/mol. The molecule has 0 amide bonds. The van der Waals surface area contributed by atoms with E-state index in [0.717, 1.165) is 38.3 Å². The van der Waals surface area contributed by atoms with Gasteiger partial charge in [-0.2, -0.15) is 0 Å². The van der Waals surface area contributed by atoms with Gasteiger partial charge in [-0.05, 0) is 17.7 Å². The summed E-state index contributed by atoms with van der Waals surface area (Å²) >= 11 is 0. The van der Waals surface area contributed by atoms with Crippen LogP contribution >= 0.6 is 0 Å². The van der Waals surface area contributed by atoms with E-state index in [0.29, 0.717) is 0 Å². The minimum atomic E-state index is -2.32. The molecule has 1 heterocycles. The van der Waals surface area contributed by atoms with Crippen molar-refractivity contribution in [1.29, 1.82) is 0 Å². The van der Waals surface area contributed by atoms with Crippen LogP contribution in [0.4, 0.5) is 4.39 Å². The molecule has 100 valence electrons. The van der Waals surface area contributed by atoms with Crippen molar-refractivity contribution in [3.63, 3.8) is 0 Å². The van der Waals surface area contributed by atoms with Crippen LogP contribution in [0.3, 0.4) is 0 Å². The lowest BCUT2D eigenvalue weighted by Crippen LogP contribution is -2.46. The molecule has 1 fully saturated rings. The van der Waals surface area contributed by atoms with Gasteiger partial charge in [0.1, 0.15) is 5.82 Å². The third kappa shape index (κ3) is 4.04. The number of benzene rings is 1. The van der Waals surface area contributed by atoms with Gasteiger partial charge in [-0.25, -0.2) is 12.8 Å². The quantitative estimate of drug-likeness (QED) is 0.811. The Morgan fingerprint density at radius 2 is 1.56 bits per heavy atom. The first-order valence-electron chi connectivity index (χ1n) is 5.94. The van der Waals surface area contributed by atoms with Gasteiger partial charge in [-0.3, -0.25) is 9.80 Å². The Hall–Kier alpha value is -0.980. The van der Waals surface area contributed by atoms with E-state index in [9.17, 15) is 12.8 Å². The Morgan fingerprint density at radius 3 is 2.11 bits per heavy atom. The normalized spacial score (nSPS) is 18.3. The number of piperazine rings is 1. The summed E-state index contributed by atoms with van der Waals surface area (Å²) in [5, 5.41) is 0. The Balaban J connectivity index is 1.81. The topological polar surface area (TPSA) is 40.6 Å². The fourth-order valence-electron chi connectivity index (χ4n) is 2.10. The maximum atomic E-state index is 12.8. The van der Waals surface area contributed by atoms with Crippen LogP contribution in [-0.4, -0.2) is 50.3 Å². The average molecular weight is 272 g/mol. The molecule has 18 heavy (non-hydrogen) atoms. The number of hydrogen-bond donors (Lipinski definition) is 1. The van der Waals surface area contributed by atoms with E-state index in [1.807, 2.05) is 4.90 Å². The van der Waals surface area contributed by atoms with Crippen molar-refractivity contribution in [1.82, 2.24) is 9.80 Å². The summed E-state index contributed by atoms with van der Waals surface area (Å²) < 4.78 is 34.0. The molecule has 1 aromatic rings. The molecule has 0 radical (unpaired) electrons. The predicted octanol–water partition coefficient (Wildman–Crippen LogP) is 0.512. The van der Waals surface area contributed by atoms with Crippen molar-refractivity contribution in [2.24, 2.45) is 0 Å². The fraction of sp³-hybridized carbons (Fsp3) is 0.500. The number of hydrogen-bond acceptors (Lipinski definition) is 4. The fourth-order valence-corrected chi connectivity index (χ4v) is 2.71. The van der Waals surface area contributed by atoms with Gasteiger partial charge < -0.3 is 0 Å².